The molecule has 12 heavy (non-hydrogen) atoms. The summed E-state index contributed by atoms with van der Waals surface area (Å²) in [6.45, 7) is 0.0678. The Labute approximate surface area is 70.9 Å². The van der Waals surface area contributed by atoms with Gasteiger partial charge >= 0.3 is 8.25 Å². The first-order chi connectivity index (χ1) is 5.70. The van der Waals surface area contributed by atoms with E-state index in [0.717, 1.165) is 5.56 Å². The van der Waals surface area contributed by atoms with E-state index in [1.807, 2.05) is 0 Å². The van der Waals surface area contributed by atoms with E-state index in [9.17, 15) is 4.57 Å². The molecule has 0 amide bonds. The van der Waals surface area contributed by atoms with Crippen LogP contribution >= 0.6 is 8.25 Å². The van der Waals surface area contributed by atoms with Gasteiger partial charge in [0.25, 0.3) is 0 Å². The minimum Gasteiger partial charge on any atom is -0.398 e. The van der Waals surface area contributed by atoms with Gasteiger partial charge in [-0.25, -0.2) is 0 Å². The third kappa shape index (κ3) is 2.58. The van der Waals surface area contributed by atoms with E-state index in [4.69, 9.17) is 10.6 Å². The summed E-state index contributed by atoms with van der Waals surface area (Å²) in [6.07, 6.45) is 0. The average Bonchev–Trinajstić information content (AvgIpc) is 2.03. The van der Waals surface area contributed by atoms with Crippen LogP contribution < -0.4 is 5.73 Å². The zero-order valence-electron chi connectivity index (χ0n) is 6.30. The van der Waals surface area contributed by atoms with Gasteiger partial charge in [-0.1, -0.05) is 18.2 Å². The van der Waals surface area contributed by atoms with Crippen molar-refractivity contribution in [2.45, 2.75) is 6.61 Å². The highest BCUT2D eigenvalue weighted by Crippen LogP contribution is 2.20. The minimum atomic E-state index is -2.54. The number of nitrogen functional groups attached to an aromatic ring is 1. The maximum absolute atomic E-state index is 10.2. The van der Waals surface area contributed by atoms with E-state index >= 15 is 0 Å². The number of rotatable bonds is 3. The van der Waals surface area contributed by atoms with Crippen molar-refractivity contribution >= 4 is 13.9 Å². The SMILES string of the molecule is Nc1ccccc1CO[P+](=O)O. The molecule has 5 heteroatoms. The van der Waals surface area contributed by atoms with E-state index < -0.39 is 8.25 Å². The molecule has 1 rings (SSSR count). The van der Waals surface area contributed by atoms with Gasteiger partial charge in [-0.3, -0.25) is 0 Å². The molecule has 3 N–H and O–H groups in total. The second-order valence-corrected chi connectivity index (χ2v) is 2.94. The highest BCUT2D eigenvalue weighted by molar-refractivity contribution is 7.32. The van der Waals surface area contributed by atoms with Crippen molar-refractivity contribution in [3.05, 3.63) is 29.8 Å². The van der Waals surface area contributed by atoms with Crippen LogP contribution in [-0.4, -0.2) is 4.89 Å². The van der Waals surface area contributed by atoms with Crippen molar-refractivity contribution < 1.29 is 14.0 Å². The second-order valence-electron chi connectivity index (χ2n) is 2.21. The fourth-order valence-electron chi connectivity index (χ4n) is 0.790. The van der Waals surface area contributed by atoms with Crippen molar-refractivity contribution in [2.24, 2.45) is 0 Å². The molecule has 1 aromatic rings. The number of hydrogen-bond donors (Lipinski definition) is 2. The van der Waals surface area contributed by atoms with Crippen molar-refractivity contribution in [3.63, 3.8) is 0 Å². The van der Waals surface area contributed by atoms with Crippen LogP contribution in [0.15, 0.2) is 24.3 Å². The lowest BCUT2D eigenvalue weighted by Gasteiger charge is -1.98. The Hall–Kier alpha value is -0.960. The summed E-state index contributed by atoms with van der Waals surface area (Å²) in [6, 6.07) is 7.04. The average molecular weight is 186 g/mol. The molecule has 0 bridgehead atoms. The summed E-state index contributed by atoms with van der Waals surface area (Å²) < 4.78 is 14.7. The molecular formula is C7H9NO3P+. The molecule has 0 aliphatic carbocycles. The lowest BCUT2D eigenvalue weighted by atomic mass is 10.2. The monoisotopic (exact) mass is 186 g/mol. The van der Waals surface area contributed by atoms with Crippen LogP contribution in [0, 0.1) is 0 Å². The molecule has 1 aromatic carbocycles. The smallest absolute Gasteiger partial charge is 0.398 e. The van der Waals surface area contributed by atoms with Crippen LogP contribution in [0.4, 0.5) is 5.69 Å². The van der Waals surface area contributed by atoms with E-state index in [0.29, 0.717) is 5.69 Å². The molecule has 1 unspecified atom stereocenters. The highest BCUT2D eigenvalue weighted by Gasteiger charge is 2.12. The van der Waals surface area contributed by atoms with Crippen molar-refractivity contribution in [1.29, 1.82) is 0 Å². The molecule has 0 saturated carbocycles. The summed E-state index contributed by atoms with van der Waals surface area (Å²) in [7, 11) is -2.54. The molecule has 0 aliphatic rings. The summed E-state index contributed by atoms with van der Waals surface area (Å²) in [5.41, 5.74) is 6.83. The van der Waals surface area contributed by atoms with Gasteiger partial charge in [-0.15, -0.1) is 9.42 Å². The lowest BCUT2D eigenvalue weighted by molar-refractivity contribution is 0.273. The third-order valence-corrected chi connectivity index (χ3v) is 1.74. The van der Waals surface area contributed by atoms with Gasteiger partial charge in [0.2, 0.25) is 0 Å². The molecule has 4 nitrogen and oxygen atoms in total. The largest absolute Gasteiger partial charge is 0.695 e. The normalized spacial score (nSPS) is 11.2. The first kappa shape index (κ1) is 9.13. The minimum absolute atomic E-state index is 0.0678. The zero-order chi connectivity index (χ0) is 8.97. The predicted molar refractivity (Wildman–Crippen MR) is 45.5 cm³/mol. The molecule has 0 aliphatic heterocycles. The van der Waals surface area contributed by atoms with E-state index in [1.165, 1.54) is 0 Å². The van der Waals surface area contributed by atoms with Crippen LogP contribution in [0.25, 0.3) is 0 Å². The van der Waals surface area contributed by atoms with E-state index in [2.05, 4.69) is 4.52 Å². The number of benzene rings is 1. The number of para-hydroxylation sites is 1. The first-order valence-electron chi connectivity index (χ1n) is 3.32. The lowest BCUT2D eigenvalue weighted by Crippen LogP contribution is -1.93. The van der Waals surface area contributed by atoms with Gasteiger partial charge < -0.3 is 5.73 Å². The molecule has 0 spiro atoms. The Balaban J connectivity index is 2.63. The van der Waals surface area contributed by atoms with Crippen molar-refractivity contribution in [2.75, 3.05) is 5.73 Å². The fourth-order valence-corrected chi connectivity index (χ4v) is 1.04. The molecule has 0 heterocycles. The molecule has 0 radical (unpaired) electrons. The molecule has 0 saturated heterocycles. The summed E-state index contributed by atoms with van der Waals surface area (Å²) >= 11 is 0. The quantitative estimate of drug-likeness (QED) is 0.553. The molecule has 1 atom stereocenters. The number of hydrogen-bond acceptors (Lipinski definition) is 3. The number of nitrogens with two attached hydrogens (primary N) is 1. The van der Waals surface area contributed by atoms with Crippen LogP contribution in [0.1, 0.15) is 5.56 Å². The Bertz CT molecular complexity index is 290. The van der Waals surface area contributed by atoms with Gasteiger partial charge in [0, 0.05) is 15.8 Å². The fraction of sp³-hybridized carbons (Fsp3) is 0.143. The molecular weight excluding hydrogens is 177 g/mol. The van der Waals surface area contributed by atoms with Crippen LogP contribution in [0.3, 0.4) is 0 Å². The van der Waals surface area contributed by atoms with Crippen LogP contribution in [0.5, 0.6) is 0 Å². The maximum Gasteiger partial charge on any atom is 0.695 e. The highest BCUT2D eigenvalue weighted by atomic mass is 31.1. The summed E-state index contributed by atoms with van der Waals surface area (Å²) in [5, 5.41) is 0. The molecule has 0 fully saturated rings. The van der Waals surface area contributed by atoms with Crippen molar-refractivity contribution in [3.8, 4) is 0 Å². The third-order valence-electron chi connectivity index (χ3n) is 1.39. The second kappa shape index (κ2) is 4.16. The van der Waals surface area contributed by atoms with Crippen LogP contribution in [0.2, 0.25) is 0 Å². The van der Waals surface area contributed by atoms with E-state index in [1.54, 1.807) is 24.3 Å². The van der Waals surface area contributed by atoms with Gasteiger partial charge in [0.05, 0.1) is 0 Å². The van der Waals surface area contributed by atoms with Crippen molar-refractivity contribution in [1.82, 2.24) is 0 Å². The zero-order valence-corrected chi connectivity index (χ0v) is 7.20. The molecule has 0 aromatic heterocycles. The Morgan fingerprint density at radius 2 is 2.17 bits per heavy atom. The first-order valence-corrected chi connectivity index (χ1v) is 4.45. The van der Waals surface area contributed by atoms with Gasteiger partial charge in [-0.2, -0.15) is 0 Å². The molecule has 64 valence electrons. The Morgan fingerprint density at radius 1 is 1.50 bits per heavy atom. The maximum atomic E-state index is 10.2. The van der Waals surface area contributed by atoms with Gasteiger partial charge in [0.15, 0.2) is 0 Å². The predicted octanol–water partition coefficient (Wildman–Crippen LogP) is 1.44. The topological polar surface area (TPSA) is 72.5 Å². The van der Waals surface area contributed by atoms with Crippen LogP contribution in [-0.2, 0) is 15.7 Å². The van der Waals surface area contributed by atoms with Gasteiger partial charge in [0.1, 0.15) is 6.61 Å². The number of anilines is 1. The standard InChI is InChI=1S/C7H8NO3P/c8-7-4-2-1-3-6(7)5-11-12(9)10/h1-4H,5,8H2/p+1. The van der Waals surface area contributed by atoms with E-state index in [-0.39, 0.29) is 6.61 Å². The summed E-state index contributed by atoms with van der Waals surface area (Å²) in [4.78, 5) is 8.35. The Kier molecular flexibility index (Phi) is 3.17. The summed E-state index contributed by atoms with van der Waals surface area (Å²) in [5.74, 6) is 0. The van der Waals surface area contributed by atoms with Gasteiger partial charge in [-0.05, 0) is 6.07 Å². The Morgan fingerprint density at radius 3 is 2.75 bits per heavy atom.